The van der Waals surface area contributed by atoms with Crippen LogP contribution in [0.1, 0.15) is 37.7 Å². The van der Waals surface area contributed by atoms with Gasteiger partial charge in [0.25, 0.3) is 0 Å². The number of hydrogen-bond donors (Lipinski definition) is 1. The number of hydrogen-bond acceptors (Lipinski definition) is 3. The molecule has 0 radical (unpaired) electrons. The number of nitrogens with zero attached hydrogens (tertiary/aromatic N) is 2. The van der Waals surface area contributed by atoms with Crippen LogP contribution in [-0.4, -0.2) is 29.3 Å². The van der Waals surface area contributed by atoms with E-state index in [4.69, 9.17) is 0 Å². The molecule has 0 saturated heterocycles. The molecule has 0 amide bonds. The van der Waals surface area contributed by atoms with Crippen molar-refractivity contribution in [1.82, 2.24) is 4.98 Å². The van der Waals surface area contributed by atoms with Crippen LogP contribution in [0.5, 0.6) is 0 Å². The lowest BCUT2D eigenvalue weighted by Gasteiger charge is -2.36. The Morgan fingerprint density at radius 2 is 1.95 bits per heavy atom. The minimum Gasteiger partial charge on any atom is -0.395 e. The van der Waals surface area contributed by atoms with Crippen LogP contribution in [0.15, 0.2) is 16.7 Å². The van der Waals surface area contributed by atoms with Crippen molar-refractivity contribution >= 4 is 21.7 Å². The molecule has 118 valence electrons. The highest BCUT2D eigenvalue weighted by Gasteiger charge is 2.37. The third kappa shape index (κ3) is 4.10. The molecule has 1 saturated carbocycles. The van der Waals surface area contributed by atoms with Crippen molar-refractivity contribution in [3.8, 4) is 0 Å². The second-order valence-corrected chi connectivity index (χ2v) is 6.15. The average Bonchev–Trinajstić information content (AvgIpc) is 2.45. The second kappa shape index (κ2) is 6.96. The zero-order chi connectivity index (χ0) is 15.5. The van der Waals surface area contributed by atoms with Crippen LogP contribution in [0.3, 0.4) is 0 Å². The number of aromatic nitrogens is 1. The van der Waals surface area contributed by atoms with Gasteiger partial charge in [-0.2, -0.15) is 13.2 Å². The molecule has 2 rings (SSSR count). The normalized spacial score (nSPS) is 17.0. The summed E-state index contributed by atoms with van der Waals surface area (Å²) in [7, 11) is 0. The van der Waals surface area contributed by atoms with Gasteiger partial charge in [0.2, 0.25) is 0 Å². The van der Waals surface area contributed by atoms with Crippen LogP contribution >= 0.6 is 15.9 Å². The van der Waals surface area contributed by atoms with E-state index in [1.54, 1.807) is 4.90 Å². The molecule has 0 unspecified atom stereocenters. The van der Waals surface area contributed by atoms with Crippen molar-refractivity contribution in [2.45, 2.75) is 44.3 Å². The summed E-state index contributed by atoms with van der Waals surface area (Å²) in [6.45, 7) is -0.0199. The third-order valence-corrected chi connectivity index (χ3v) is 4.20. The van der Waals surface area contributed by atoms with Crippen molar-refractivity contribution in [3.63, 3.8) is 0 Å². The van der Waals surface area contributed by atoms with Crippen LogP contribution in [0.2, 0.25) is 0 Å². The van der Waals surface area contributed by atoms with Gasteiger partial charge in [-0.3, -0.25) is 0 Å². The average molecular weight is 367 g/mol. The molecule has 1 heterocycles. The van der Waals surface area contributed by atoms with Crippen molar-refractivity contribution in [1.29, 1.82) is 0 Å². The van der Waals surface area contributed by atoms with Crippen LogP contribution in [0.4, 0.5) is 19.0 Å². The fraction of sp³-hybridized carbons (Fsp3) is 0.643. The van der Waals surface area contributed by atoms with E-state index in [1.165, 1.54) is 6.20 Å². The fourth-order valence-corrected chi connectivity index (χ4v) is 3.16. The van der Waals surface area contributed by atoms with Gasteiger partial charge < -0.3 is 10.0 Å². The number of alkyl halides is 3. The Morgan fingerprint density at radius 1 is 1.29 bits per heavy atom. The highest BCUT2D eigenvalue weighted by Crippen LogP contribution is 2.38. The molecule has 1 fully saturated rings. The number of halogens is 4. The summed E-state index contributed by atoms with van der Waals surface area (Å²) in [5.74, 6) is -0.0772. The Balaban J connectivity index is 2.39. The van der Waals surface area contributed by atoms with Gasteiger partial charge in [-0.05, 0) is 34.8 Å². The number of aliphatic hydroxyl groups excluding tert-OH is 1. The first-order chi connectivity index (χ1) is 9.93. The lowest BCUT2D eigenvalue weighted by atomic mass is 9.94. The summed E-state index contributed by atoms with van der Waals surface area (Å²) in [5.41, 5.74) is -0.754. The Morgan fingerprint density at radius 3 is 2.52 bits per heavy atom. The topological polar surface area (TPSA) is 36.4 Å². The predicted molar refractivity (Wildman–Crippen MR) is 78.2 cm³/mol. The molecule has 0 spiro atoms. The quantitative estimate of drug-likeness (QED) is 0.874. The van der Waals surface area contributed by atoms with Crippen molar-refractivity contribution in [3.05, 3.63) is 22.3 Å². The third-order valence-electron chi connectivity index (χ3n) is 3.77. The minimum atomic E-state index is -4.46. The van der Waals surface area contributed by atoms with E-state index < -0.39 is 11.7 Å². The molecule has 0 aromatic carbocycles. The summed E-state index contributed by atoms with van der Waals surface area (Å²) in [6, 6.07) is 1.07. The van der Waals surface area contributed by atoms with Gasteiger partial charge in [-0.1, -0.05) is 19.3 Å². The van der Waals surface area contributed by atoms with Gasteiger partial charge in [-0.15, -0.1) is 0 Å². The Labute approximate surface area is 130 Å². The number of rotatable bonds is 4. The molecular weight excluding hydrogens is 349 g/mol. The fourth-order valence-electron chi connectivity index (χ4n) is 2.83. The molecule has 0 atom stereocenters. The van der Waals surface area contributed by atoms with Crippen molar-refractivity contribution in [2.75, 3.05) is 18.1 Å². The summed E-state index contributed by atoms with van der Waals surface area (Å²) >= 11 is 3.04. The first-order valence-corrected chi connectivity index (χ1v) is 7.83. The lowest BCUT2D eigenvalue weighted by Crippen LogP contribution is -2.40. The smallest absolute Gasteiger partial charge is 0.395 e. The number of pyridine rings is 1. The number of aliphatic hydroxyl groups is 1. The van der Waals surface area contributed by atoms with Gasteiger partial charge in [0.1, 0.15) is 5.82 Å². The van der Waals surface area contributed by atoms with E-state index >= 15 is 0 Å². The molecule has 1 aromatic rings. The van der Waals surface area contributed by atoms with Crippen LogP contribution < -0.4 is 4.90 Å². The predicted octanol–water partition coefficient (Wildman–Crippen LogP) is 3.99. The van der Waals surface area contributed by atoms with E-state index in [9.17, 15) is 18.3 Å². The highest BCUT2D eigenvalue weighted by molar-refractivity contribution is 9.10. The molecule has 3 nitrogen and oxygen atoms in total. The zero-order valence-electron chi connectivity index (χ0n) is 11.5. The van der Waals surface area contributed by atoms with Gasteiger partial charge in [-0.25, -0.2) is 4.98 Å². The van der Waals surface area contributed by atoms with E-state index in [1.807, 2.05) is 0 Å². The molecule has 21 heavy (non-hydrogen) atoms. The molecule has 0 bridgehead atoms. The molecule has 1 aliphatic carbocycles. The van der Waals surface area contributed by atoms with Gasteiger partial charge in [0, 0.05) is 23.3 Å². The zero-order valence-corrected chi connectivity index (χ0v) is 13.1. The van der Waals surface area contributed by atoms with E-state index in [2.05, 4.69) is 20.9 Å². The summed E-state index contributed by atoms with van der Waals surface area (Å²) < 4.78 is 40.0. The number of anilines is 1. The molecule has 0 aliphatic heterocycles. The minimum absolute atomic E-state index is 0.0145. The first kappa shape index (κ1) is 16.5. The monoisotopic (exact) mass is 366 g/mol. The Hall–Kier alpha value is -0.820. The van der Waals surface area contributed by atoms with E-state index in [0.29, 0.717) is 4.47 Å². The maximum absolute atomic E-state index is 13.2. The van der Waals surface area contributed by atoms with Crippen LogP contribution in [-0.2, 0) is 6.18 Å². The van der Waals surface area contributed by atoms with Crippen LogP contribution in [0, 0.1) is 0 Å². The maximum atomic E-state index is 13.2. The molecule has 1 aliphatic rings. The van der Waals surface area contributed by atoms with E-state index in [0.717, 1.165) is 38.2 Å². The second-order valence-electron chi connectivity index (χ2n) is 5.23. The van der Waals surface area contributed by atoms with Gasteiger partial charge in [0.05, 0.1) is 12.2 Å². The highest BCUT2D eigenvalue weighted by atomic mass is 79.9. The Kier molecular flexibility index (Phi) is 5.48. The molecular formula is C14H18BrF3N2O. The summed E-state index contributed by atoms with van der Waals surface area (Å²) in [5, 5.41) is 9.22. The summed E-state index contributed by atoms with van der Waals surface area (Å²) in [4.78, 5) is 5.61. The standard InChI is InChI=1S/C14H18BrF3N2O/c15-10-8-12(14(16,17)18)13(19-9-10)20(6-7-21)11-4-2-1-3-5-11/h8-9,11,21H,1-7H2. The van der Waals surface area contributed by atoms with Gasteiger partial charge >= 0.3 is 6.18 Å². The molecule has 7 heteroatoms. The molecule has 1 N–H and O–H groups in total. The maximum Gasteiger partial charge on any atom is 0.419 e. The van der Waals surface area contributed by atoms with Gasteiger partial charge in [0.15, 0.2) is 0 Å². The largest absolute Gasteiger partial charge is 0.419 e. The molecule has 1 aromatic heterocycles. The summed E-state index contributed by atoms with van der Waals surface area (Å²) in [6.07, 6.45) is 1.72. The SMILES string of the molecule is OCCN(c1ncc(Br)cc1C(F)(F)F)C1CCCCC1. The van der Waals surface area contributed by atoms with Crippen molar-refractivity contribution < 1.29 is 18.3 Å². The van der Waals surface area contributed by atoms with Crippen molar-refractivity contribution in [2.24, 2.45) is 0 Å². The first-order valence-electron chi connectivity index (χ1n) is 7.03. The van der Waals surface area contributed by atoms with Crippen LogP contribution in [0.25, 0.3) is 0 Å². The Bertz CT molecular complexity index is 476. The lowest BCUT2D eigenvalue weighted by molar-refractivity contribution is -0.137. The van der Waals surface area contributed by atoms with E-state index in [-0.39, 0.29) is 25.0 Å².